The van der Waals surface area contributed by atoms with Crippen molar-refractivity contribution in [1.29, 1.82) is 0 Å². The molecular formula is C23H30N4O3S. The number of nitrogens with zero attached hydrogens (tertiary/aromatic N) is 3. The minimum absolute atomic E-state index is 0.0835. The highest BCUT2D eigenvalue weighted by molar-refractivity contribution is 7.89. The maximum absolute atomic E-state index is 12.7. The van der Waals surface area contributed by atoms with E-state index in [0.29, 0.717) is 25.3 Å². The first-order valence-corrected chi connectivity index (χ1v) is 12.4. The molecule has 8 heteroatoms. The minimum Gasteiger partial charge on any atom is -0.369 e. The van der Waals surface area contributed by atoms with Gasteiger partial charge in [-0.05, 0) is 49.2 Å². The fraction of sp³-hybridized carbons (Fsp3) is 0.435. The van der Waals surface area contributed by atoms with Crippen LogP contribution in [-0.4, -0.2) is 69.3 Å². The van der Waals surface area contributed by atoms with Crippen LogP contribution in [0.3, 0.4) is 0 Å². The highest BCUT2D eigenvalue weighted by Gasteiger charge is 2.26. The van der Waals surface area contributed by atoms with E-state index in [1.54, 1.807) is 28.6 Å². The molecule has 1 amide bonds. The molecule has 0 radical (unpaired) electrons. The molecule has 7 nitrogen and oxygen atoms in total. The van der Waals surface area contributed by atoms with Crippen LogP contribution in [0.4, 0.5) is 11.4 Å². The SMILES string of the molecule is O=C(CN1CCN(c2ccccc2)CC1)Nc1ccc(S(=O)(=O)N2CCCCC2)cc1. The molecule has 166 valence electrons. The molecule has 0 unspecified atom stereocenters. The molecule has 2 saturated heterocycles. The average Bonchev–Trinajstić information content (AvgIpc) is 2.81. The maximum atomic E-state index is 12.7. The standard InChI is InChI=1S/C23H30N4O3S/c28-23(19-25-15-17-26(18-16-25)21-7-3-1-4-8-21)24-20-9-11-22(12-10-20)31(29,30)27-13-5-2-6-14-27/h1,3-4,7-12H,2,5-6,13-19H2,(H,24,28). The summed E-state index contributed by atoms with van der Waals surface area (Å²) in [6, 6.07) is 16.8. The van der Waals surface area contributed by atoms with Gasteiger partial charge in [0.2, 0.25) is 15.9 Å². The van der Waals surface area contributed by atoms with E-state index < -0.39 is 10.0 Å². The van der Waals surface area contributed by atoms with Crippen LogP contribution in [0.25, 0.3) is 0 Å². The van der Waals surface area contributed by atoms with Crippen LogP contribution in [0.1, 0.15) is 19.3 Å². The number of benzene rings is 2. The van der Waals surface area contributed by atoms with Gasteiger partial charge in [0.25, 0.3) is 0 Å². The van der Waals surface area contributed by atoms with Gasteiger partial charge in [-0.2, -0.15) is 4.31 Å². The summed E-state index contributed by atoms with van der Waals surface area (Å²) in [4.78, 5) is 17.2. The fourth-order valence-electron chi connectivity index (χ4n) is 4.17. The van der Waals surface area contributed by atoms with Gasteiger partial charge in [-0.15, -0.1) is 0 Å². The molecule has 31 heavy (non-hydrogen) atoms. The lowest BCUT2D eigenvalue weighted by atomic mass is 10.2. The van der Waals surface area contributed by atoms with Crippen molar-refractivity contribution in [2.75, 3.05) is 56.0 Å². The van der Waals surface area contributed by atoms with Crippen LogP contribution in [0.5, 0.6) is 0 Å². The van der Waals surface area contributed by atoms with Crippen LogP contribution in [0, 0.1) is 0 Å². The number of hydrogen-bond donors (Lipinski definition) is 1. The van der Waals surface area contributed by atoms with E-state index in [0.717, 1.165) is 45.4 Å². The molecule has 4 rings (SSSR count). The molecule has 2 fully saturated rings. The zero-order chi connectivity index (χ0) is 21.7. The number of carbonyl (C=O) groups excluding carboxylic acids is 1. The second-order valence-electron chi connectivity index (χ2n) is 8.14. The first kappa shape index (κ1) is 21.8. The Hall–Kier alpha value is -2.42. The molecule has 2 aromatic rings. The van der Waals surface area contributed by atoms with Gasteiger partial charge in [-0.1, -0.05) is 24.6 Å². The summed E-state index contributed by atoms with van der Waals surface area (Å²) in [7, 11) is -3.45. The van der Waals surface area contributed by atoms with Gasteiger partial charge in [0, 0.05) is 50.6 Å². The fourth-order valence-corrected chi connectivity index (χ4v) is 5.69. The topological polar surface area (TPSA) is 73.0 Å². The lowest BCUT2D eigenvalue weighted by Gasteiger charge is -2.35. The van der Waals surface area contributed by atoms with Gasteiger partial charge in [0.15, 0.2) is 0 Å². The molecule has 0 saturated carbocycles. The summed E-state index contributed by atoms with van der Waals surface area (Å²) in [6.07, 6.45) is 2.90. The largest absolute Gasteiger partial charge is 0.369 e. The zero-order valence-electron chi connectivity index (χ0n) is 17.7. The third-order valence-electron chi connectivity index (χ3n) is 5.95. The number of piperazine rings is 1. The smallest absolute Gasteiger partial charge is 0.243 e. The van der Waals surface area contributed by atoms with Crippen LogP contribution in [0.15, 0.2) is 59.5 Å². The summed E-state index contributed by atoms with van der Waals surface area (Å²) < 4.78 is 27.0. The van der Waals surface area contributed by atoms with Crippen molar-refractivity contribution >= 4 is 27.3 Å². The molecule has 2 aromatic carbocycles. The van der Waals surface area contributed by atoms with E-state index in [9.17, 15) is 13.2 Å². The van der Waals surface area contributed by atoms with E-state index in [4.69, 9.17) is 0 Å². The van der Waals surface area contributed by atoms with E-state index in [1.165, 1.54) is 5.69 Å². The van der Waals surface area contributed by atoms with E-state index >= 15 is 0 Å². The number of sulfonamides is 1. The van der Waals surface area contributed by atoms with Gasteiger partial charge in [-0.25, -0.2) is 8.42 Å². The number of anilines is 2. The van der Waals surface area contributed by atoms with Crippen LogP contribution in [-0.2, 0) is 14.8 Å². The number of rotatable bonds is 6. The third kappa shape index (κ3) is 5.44. The van der Waals surface area contributed by atoms with Crippen molar-refractivity contribution in [3.63, 3.8) is 0 Å². The maximum Gasteiger partial charge on any atom is 0.243 e. The molecule has 0 atom stereocenters. The summed E-state index contributed by atoms with van der Waals surface area (Å²) in [5.41, 5.74) is 1.83. The zero-order valence-corrected chi connectivity index (χ0v) is 18.6. The predicted octanol–water partition coefficient (Wildman–Crippen LogP) is 2.62. The molecule has 0 aliphatic carbocycles. The molecule has 1 N–H and O–H groups in total. The average molecular weight is 443 g/mol. The number of para-hydroxylation sites is 1. The van der Waals surface area contributed by atoms with E-state index in [2.05, 4.69) is 27.2 Å². The van der Waals surface area contributed by atoms with Gasteiger partial charge in [0.05, 0.1) is 11.4 Å². The Morgan fingerprint density at radius 3 is 2.10 bits per heavy atom. The summed E-state index contributed by atoms with van der Waals surface area (Å²) >= 11 is 0. The molecule has 2 heterocycles. The van der Waals surface area contributed by atoms with Crippen molar-refractivity contribution in [1.82, 2.24) is 9.21 Å². The Bertz CT molecular complexity index is 966. The minimum atomic E-state index is -3.45. The second-order valence-corrected chi connectivity index (χ2v) is 10.1. The monoisotopic (exact) mass is 442 g/mol. The number of hydrogen-bond acceptors (Lipinski definition) is 5. The summed E-state index contributed by atoms with van der Waals surface area (Å²) in [6.45, 7) is 4.93. The molecule has 0 spiro atoms. The van der Waals surface area contributed by atoms with Crippen molar-refractivity contribution in [2.24, 2.45) is 0 Å². The Labute approximate surface area is 184 Å². The first-order valence-electron chi connectivity index (χ1n) is 10.9. The van der Waals surface area contributed by atoms with Gasteiger partial charge in [0.1, 0.15) is 0 Å². The van der Waals surface area contributed by atoms with Crippen LogP contribution in [0.2, 0.25) is 0 Å². The Morgan fingerprint density at radius 2 is 1.45 bits per heavy atom. The Morgan fingerprint density at radius 1 is 0.806 bits per heavy atom. The van der Waals surface area contributed by atoms with Crippen molar-refractivity contribution in [2.45, 2.75) is 24.2 Å². The third-order valence-corrected chi connectivity index (χ3v) is 7.86. The van der Waals surface area contributed by atoms with Gasteiger partial charge < -0.3 is 10.2 Å². The number of nitrogens with one attached hydrogen (secondary N) is 1. The molecule has 0 aromatic heterocycles. The van der Waals surface area contributed by atoms with Gasteiger partial charge >= 0.3 is 0 Å². The second kappa shape index (κ2) is 9.80. The summed E-state index contributed by atoms with van der Waals surface area (Å²) in [5.74, 6) is -0.0835. The predicted molar refractivity (Wildman–Crippen MR) is 123 cm³/mol. The Balaban J connectivity index is 1.27. The van der Waals surface area contributed by atoms with E-state index in [1.807, 2.05) is 18.2 Å². The lowest BCUT2D eigenvalue weighted by molar-refractivity contribution is -0.117. The number of carbonyl (C=O) groups is 1. The lowest BCUT2D eigenvalue weighted by Crippen LogP contribution is -2.48. The highest BCUT2D eigenvalue weighted by Crippen LogP contribution is 2.22. The van der Waals surface area contributed by atoms with Gasteiger partial charge in [-0.3, -0.25) is 9.69 Å². The quantitative estimate of drug-likeness (QED) is 0.745. The molecular weight excluding hydrogens is 412 g/mol. The normalized spacial score (nSPS) is 18.6. The molecule has 2 aliphatic rings. The van der Waals surface area contributed by atoms with Crippen LogP contribution >= 0.6 is 0 Å². The number of piperidine rings is 1. The van der Waals surface area contributed by atoms with E-state index in [-0.39, 0.29) is 10.8 Å². The Kier molecular flexibility index (Phi) is 6.89. The molecule has 0 bridgehead atoms. The van der Waals surface area contributed by atoms with Crippen molar-refractivity contribution in [3.05, 3.63) is 54.6 Å². The summed E-state index contributed by atoms with van der Waals surface area (Å²) in [5, 5.41) is 2.89. The first-order chi connectivity index (χ1) is 15.0. The highest BCUT2D eigenvalue weighted by atomic mass is 32.2. The van der Waals surface area contributed by atoms with Crippen molar-refractivity contribution < 1.29 is 13.2 Å². The van der Waals surface area contributed by atoms with Crippen molar-refractivity contribution in [3.8, 4) is 0 Å². The number of amides is 1. The van der Waals surface area contributed by atoms with Crippen LogP contribution < -0.4 is 10.2 Å². The molecule has 2 aliphatic heterocycles.